The minimum Gasteiger partial charge on any atom is -0.494 e. The highest BCUT2D eigenvalue weighted by molar-refractivity contribution is 7.86. The van der Waals surface area contributed by atoms with Crippen LogP contribution in [0, 0.1) is 24.2 Å². The van der Waals surface area contributed by atoms with Crippen molar-refractivity contribution >= 4 is 20.2 Å². The normalized spacial score (nSPS) is 11.2. The smallest absolute Gasteiger partial charge is 0.264 e. The van der Waals surface area contributed by atoms with Gasteiger partial charge in [0.15, 0.2) is 0 Å². The lowest BCUT2D eigenvalue weighted by Gasteiger charge is -2.11. The van der Waals surface area contributed by atoms with Gasteiger partial charge >= 0.3 is 0 Å². The maximum atomic E-state index is 10.8. The molecule has 0 aliphatic rings. The molecule has 0 aliphatic heterocycles. The number of hydrogen-bond acceptors (Lipinski definition) is 6. The molecule has 32 heavy (non-hydrogen) atoms. The van der Waals surface area contributed by atoms with Crippen LogP contribution in [0.15, 0.2) is 42.5 Å². The summed E-state index contributed by atoms with van der Waals surface area (Å²) in [4.78, 5) is 0. The molecule has 0 radical (unpaired) electrons. The highest BCUT2D eigenvalue weighted by Gasteiger charge is 2.08. The van der Waals surface area contributed by atoms with Gasteiger partial charge in [-0.1, -0.05) is 17.8 Å². The third kappa shape index (κ3) is 9.86. The van der Waals surface area contributed by atoms with E-state index in [0.29, 0.717) is 22.6 Å². The van der Waals surface area contributed by atoms with Crippen molar-refractivity contribution in [1.82, 2.24) is 0 Å². The van der Waals surface area contributed by atoms with Gasteiger partial charge in [0.2, 0.25) is 0 Å². The molecule has 0 saturated carbocycles. The molecule has 2 aromatic rings. The summed E-state index contributed by atoms with van der Waals surface area (Å²) in [5, 5.41) is 0. The van der Waals surface area contributed by atoms with E-state index in [1.165, 1.54) is 0 Å². The molecular formula is C22H22O8S2. The van der Waals surface area contributed by atoms with E-state index >= 15 is 0 Å². The van der Waals surface area contributed by atoms with Crippen LogP contribution in [0.1, 0.15) is 29.5 Å². The molecule has 0 heterocycles. The van der Waals surface area contributed by atoms with Gasteiger partial charge in [-0.25, -0.2) is 0 Å². The van der Waals surface area contributed by atoms with Crippen LogP contribution in [0.5, 0.6) is 11.5 Å². The van der Waals surface area contributed by atoms with Gasteiger partial charge in [0.25, 0.3) is 20.2 Å². The molecule has 0 saturated heterocycles. The summed E-state index contributed by atoms with van der Waals surface area (Å²) in [6, 6.07) is 11.8. The largest absolute Gasteiger partial charge is 0.494 e. The molecule has 2 N–H and O–H groups in total. The molecule has 8 nitrogen and oxygen atoms in total. The van der Waals surface area contributed by atoms with Crippen LogP contribution in [0.3, 0.4) is 0 Å². The zero-order valence-corrected chi connectivity index (χ0v) is 18.7. The minimum atomic E-state index is -4.07. The van der Waals surface area contributed by atoms with Gasteiger partial charge < -0.3 is 9.47 Å². The summed E-state index contributed by atoms with van der Waals surface area (Å²) in [7, 11) is -8.13. The molecule has 0 aromatic heterocycles. The van der Waals surface area contributed by atoms with Gasteiger partial charge in [-0.3, -0.25) is 9.11 Å². The van der Waals surface area contributed by atoms with Crippen molar-refractivity contribution in [1.29, 1.82) is 0 Å². The SMILES string of the molecule is C#Cc1ccc(C#Cc2cc(OCCCS(=O)(=O)O)ccc2OCCCS(=O)(=O)O)cc1. The van der Waals surface area contributed by atoms with Crippen LogP contribution in [0.4, 0.5) is 0 Å². The lowest BCUT2D eigenvalue weighted by atomic mass is 10.1. The van der Waals surface area contributed by atoms with Crippen LogP contribution in [0.2, 0.25) is 0 Å². The Balaban J connectivity index is 2.16. The van der Waals surface area contributed by atoms with E-state index in [1.54, 1.807) is 42.5 Å². The van der Waals surface area contributed by atoms with Crippen LogP contribution < -0.4 is 9.47 Å². The maximum absolute atomic E-state index is 10.8. The summed E-state index contributed by atoms with van der Waals surface area (Å²) in [6.45, 7) is 0.106. The minimum absolute atomic E-state index is 0.0416. The van der Waals surface area contributed by atoms with Crippen molar-refractivity contribution < 1.29 is 35.4 Å². The zero-order valence-electron chi connectivity index (χ0n) is 17.0. The Morgan fingerprint density at radius 2 is 1.34 bits per heavy atom. The Kier molecular flexibility index (Phi) is 9.12. The number of hydrogen-bond donors (Lipinski definition) is 2. The number of ether oxygens (including phenoxy) is 2. The van der Waals surface area contributed by atoms with E-state index in [9.17, 15) is 16.8 Å². The van der Waals surface area contributed by atoms with E-state index in [2.05, 4.69) is 17.8 Å². The molecule has 2 rings (SSSR count). The fourth-order valence-electron chi connectivity index (χ4n) is 2.47. The molecule has 0 amide bonds. The van der Waals surface area contributed by atoms with E-state index in [4.69, 9.17) is 25.0 Å². The van der Waals surface area contributed by atoms with E-state index < -0.39 is 31.7 Å². The third-order valence-electron chi connectivity index (χ3n) is 3.96. The maximum Gasteiger partial charge on any atom is 0.264 e. The lowest BCUT2D eigenvalue weighted by molar-refractivity contribution is 0.307. The van der Waals surface area contributed by atoms with Crippen molar-refractivity contribution in [3.8, 4) is 35.7 Å². The standard InChI is InChI=1S/C22H22O8S2/c1-2-18-5-7-19(8-6-18)9-10-20-17-21(29-13-3-15-31(23,24)25)11-12-22(20)30-14-4-16-32(26,27)28/h1,5-8,11-12,17H,3-4,13-16H2,(H,23,24,25)(H,26,27,28). The first-order valence-corrected chi connectivity index (χ1v) is 12.7. The Morgan fingerprint density at radius 3 is 1.91 bits per heavy atom. The van der Waals surface area contributed by atoms with Gasteiger partial charge in [-0.05, 0) is 55.3 Å². The van der Waals surface area contributed by atoms with Crippen molar-refractivity contribution in [3.63, 3.8) is 0 Å². The topological polar surface area (TPSA) is 127 Å². The molecule has 0 fully saturated rings. The summed E-state index contributed by atoms with van der Waals surface area (Å²) in [6.07, 6.45) is 5.54. The Bertz CT molecular complexity index is 1230. The molecular weight excluding hydrogens is 456 g/mol. The molecule has 2 aromatic carbocycles. The molecule has 0 atom stereocenters. The fourth-order valence-corrected chi connectivity index (χ4v) is 3.43. The molecule has 170 valence electrons. The predicted molar refractivity (Wildman–Crippen MR) is 120 cm³/mol. The molecule has 0 unspecified atom stereocenters. The molecule has 0 bridgehead atoms. The molecule has 0 aliphatic carbocycles. The summed E-state index contributed by atoms with van der Waals surface area (Å²) >= 11 is 0. The first-order valence-electron chi connectivity index (χ1n) is 9.44. The Morgan fingerprint density at radius 1 is 0.781 bits per heavy atom. The summed E-state index contributed by atoms with van der Waals surface area (Å²) < 4.78 is 72.0. The van der Waals surface area contributed by atoms with Crippen molar-refractivity contribution in [2.24, 2.45) is 0 Å². The second kappa shape index (κ2) is 11.6. The fraction of sp³-hybridized carbons (Fsp3) is 0.273. The number of benzene rings is 2. The second-order valence-corrected chi connectivity index (χ2v) is 9.75. The quantitative estimate of drug-likeness (QED) is 0.303. The average Bonchev–Trinajstić information content (AvgIpc) is 2.72. The number of rotatable bonds is 10. The van der Waals surface area contributed by atoms with Crippen LogP contribution in [-0.4, -0.2) is 50.7 Å². The summed E-state index contributed by atoms with van der Waals surface area (Å²) in [5.74, 6) is 8.43. The van der Waals surface area contributed by atoms with Crippen molar-refractivity contribution in [2.45, 2.75) is 12.8 Å². The molecule has 10 heteroatoms. The van der Waals surface area contributed by atoms with Gasteiger partial charge in [-0.2, -0.15) is 16.8 Å². The molecule has 0 spiro atoms. The van der Waals surface area contributed by atoms with E-state index in [1.807, 2.05) is 0 Å². The highest BCUT2D eigenvalue weighted by Crippen LogP contribution is 2.24. The van der Waals surface area contributed by atoms with E-state index in [-0.39, 0.29) is 26.1 Å². The monoisotopic (exact) mass is 478 g/mol. The van der Waals surface area contributed by atoms with Gasteiger partial charge in [0.05, 0.1) is 30.3 Å². The van der Waals surface area contributed by atoms with Crippen molar-refractivity contribution in [2.75, 3.05) is 24.7 Å². The summed E-state index contributed by atoms with van der Waals surface area (Å²) in [5.41, 5.74) is 1.89. The Labute approximate surface area is 188 Å². The van der Waals surface area contributed by atoms with Gasteiger partial charge in [0.1, 0.15) is 11.5 Å². The van der Waals surface area contributed by atoms with Crippen LogP contribution >= 0.6 is 0 Å². The zero-order chi connectivity index (χ0) is 23.6. The van der Waals surface area contributed by atoms with E-state index in [0.717, 1.165) is 5.56 Å². The third-order valence-corrected chi connectivity index (χ3v) is 5.57. The average molecular weight is 479 g/mol. The predicted octanol–water partition coefficient (Wildman–Crippen LogP) is 2.38. The number of terminal acetylenes is 1. The first-order chi connectivity index (χ1) is 15.1. The van der Waals surface area contributed by atoms with Crippen LogP contribution in [0.25, 0.3) is 0 Å². The van der Waals surface area contributed by atoms with Crippen molar-refractivity contribution in [3.05, 3.63) is 59.2 Å². The highest BCUT2D eigenvalue weighted by atomic mass is 32.2. The first kappa shape index (κ1) is 25.2. The Hall–Kier alpha value is -3.02. The van der Waals surface area contributed by atoms with Crippen LogP contribution in [-0.2, 0) is 20.2 Å². The van der Waals surface area contributed by atoms with Gasteiger partial charge in [0, 0.05) is 11.1 Å². The van der Waals surface area contributed by atoms with Gasteiger partial charge in [-0.15, -0.1) is 6.42 Å². The lowest BCUT2D eigenvalue weighted by Crippen LogP contribution is -2.09. The second-order valence-electron chi connectivity index (χ2n) is 6.61.